The molecule has 2 aromatic heterocycles. The van der Waals surface area contributed by atoms with E-state index >= 15 is 0 Å². The average Bonchev–Trinajstić information content (AvgIpc) is 2.80. The second-order valence-electron chi connectivity index (χ2n) is 4.93. The summed E-state index contributed by atoms with van der Waals surface area (Å²) in [7, 11) is 0. The van der Waals surface area contributed by atoms with Crippen LogP contribution in [0.1, 0.15) is 35.3 Å². The first kappa shape index (κ1) is 11.4. The predicted molar refractivity (Wildman–Crippen MR) is 69.9 cm³/mol. The highest BCUT2D eigenvalue weighted by Gasteiger charge is 2.14. The Bertz CT molecular complexity index is 555. The minimum Gasteiger partial charge on any atom is -0.314 e. The Kier molecular flexibility index (Phi) is 3.11. The number of fused-ring (bicyclic) bond motifs is 1. The molecular weight excluding hydrogens is 226 g/mol. The van der Waals surface area contributed by atoms with Crippen LogP contribution in [0.5, 0.6) is 0 Å². The van der Waals surface area contributed by atoms with Gasteiger partial charge in [-0.05, 0) is 31.5 Å². The number of hydrogen-bond acceptors (Lipinski definition) is 3. The lowest BCUT2D eigenvalue weighted by Crippen LogP contribution is -2.35. The Labute approximate surface area is 106 Å². The van der Waals surface area contributed by atoms with E-state index in [0.717, 1.165) is 30.6 Å². The van der Waals surface area contributed by atoms with E-state index in [-0.39, 0.29) is 0 Å². The molecule has 3 heterocycles. The molecule has 4 nitrogen and oxygen atoms in total. The molecule has 94 valence electrons. The SMILES string of the molecule is O=Cc1ccc2nc(CC3CCCCN3)cn2c1. The number of rotatable bonds is 3. The smallest absolute Gasteiger partial charge is 0.151 e. The van der Waals surface area contributed by atoms with Crippen LogP contribution in [-0.4, -0.2) is 28.3 Å². The summed E-state index contributed by atoms with van der Waals surface area (Å²) in [6.45, 7) is 1.12. The molecule has 0 spiro atoms. The van der Waals surface area contributed by atoms with Crippen molar-refractivity contribution in [1.82, 2.24) is 14.7 Å². The number of carbonyl (C=O) groups is 1. The summed E-state index contributed by atoms with van der Waals surface area (Å²) in [5.74, 6) is 0. The summed E-state index contributed by atoms with van der Waals surface area (Å²) in [5.41, 5.74) is 2.69. The van der Waals surface area contributed by atoms with Gasteiger partial charge in [0.25, 0.3) is 0 Å². The molecule has 3 rings (SSSR count). The lowest BCUT2D eigenvalue weighted by atomic mass is 10.0. The maximum atomic E-state index is 10.7. The number of carbonyl (C=O) groups excluding carboxylic acids is 1. The van der Waals surface area contributed by atoms with Gasteiger partial charge in [0.05, 0.1) is 5.69 Å². The van der Waals surface area contributed by atoms with Gasteiger partial charge in [-0.15, -0.1) is 0 Å². The van der Waals surface area contributed by atoms with E-state index in [4.69, 9.17) is 0 Å². The summed E-state index contributed by atoms with van der Waals surface area (Å²) < 4.78 is 1.93. The van der Waals surface area contributed by atoms with Crippen LogP contribution < -0.4 is 5.32 Å². The Balaban J connectivity index is 1.81. The van der Waals surface area contributed by atoms with Crippen molar-refractivity contribution in [2.45, 2.75) is 31.7 Å². The van der Waals surface area contributed by atoms with Crippen molar-refractivity contribution < 1.29 is 4.79 Å². The number of piperidine rings is 1. The largest absolute Gasteiger partial charge is 0.314 e. The number of aromatic nitrogens is 2. The van der Waals surface area contributed by atoms with Crippen LogP contribution in [0.2, 0.25) is 0 Å². The Morgan fingerprint density at radius 1 is 1.39 bits per heavy atom. The van der Waals surface area contributed by atoms with Gasteiger partial charge >= 0.3 is 0 Å². The maximum absolute atomic E-state index is 10.7. The minimum atomic E-state index is 0.550. The molecule has 0 bridgehead atoms. The first-order chi connectivity index (χ1) is 8.85. The molecule has 18 heavy (non-hydrogen) atoms. The molecule has 1 unspecified atom stereocenters. The first-order valence-corrected chi connectivity index (χ1v) is 6.51. The molecule has 1 atom stereocenters. The maximum Gasteiger partial charge on any atom is 0.151 e. The zero-order valence-electron chi connectivity index (χ0n) is 10.3. The molecule has 0 radical (unpaired) electrons. The monoisotopic (exact) mass is 243 g/mol. The Hall–Kier alpha value is -1.68. The van der Waals surface area contributed by atoms with Gasteiger partial charge in [0, 0.05) is 30.4 Å². The lowest BCUT2D eigenvalue weighted by molar-refractivity contribution is 0.112. The molecule has 0 amide bonds. The third kappa shape index (κ3) is 2.29. The highest BCUT2D eigenvalue weighted by molar-refractivity contribution is 5.74. The summed E-state index contributed by atoms with van der Waals surface area (Å²) in [5, 5.41) is 3.53. The van der Waals surface area contributed by atoms with Gasteiger partial charge in [-0.1, -0.05) is 6.42 Å². The molecule has 1 saturated heterocycles. The fraction of sp³-hybridized carbons (Fsp3) is 0.429. The van der Waals surface area contributed by atoms with Crippen molar-refractivity contribution in [3.63, 3.8) is 0 Å². The van der Waals surface area contributed by atoms with Gasteiger partial charge < -0.3 is 9.72 Å². The van der Waals surface area contributed by atoms with Crippen LogP contribution in [0.4, 0.5) is 0 Å². The number of pyridine rings is 1. The molecule has 0 aliphatic carbocycles. The highest BCUT2D eigenvalue weighted by Crippen LogP contribution is 2.13. The standard InChI is InChI=1S/C14H17N3O/c18-10-11-4-5-14-16-13(9-17(14)8-11)7-12-3-1-2-6-15-12/h4-5,8-10,12,15H,1-3,6-7H2. The van der Waals surface area contributed by atoms with Crippen LogP contribution in [0, 0.1) is 0 Å². The van der Waals surface area contributed by atoms with Crippen molar-refractivity contribution >= 4 is 11.9 Å². The molecule has 2 aromatic rings. The van der Waals surface area contributed by atoms with Crippen LogP contribution in [0.3, 0.4) is 0 Å². The fourth-order valence-corrected chi connectivity index (χ4v) is 2.58. The van der Waals surface area contributed by atoms with Gasteiger partial charge in [-0.3, -0.25) is 4.79 Å². The van der Waals surface area contributed by atoms with E-state index in [9.17, 15) is 4.79 Å². The Morgan fingerprint density at radius 3 is 3.11 bits per heavy atom. The van der Waals surface area contributed by atoms with Crippen LogP contribution >= 0.6 is 0 Å². The normalized spacial score (nSPS) is 20.1. The number of imidazole rings is 1. The highest BCUT2D eigenvalue weighted by atomic mass is 16.1. The molecule has 4 heteroatoms. The second kappa shape index (κ2) is 4.90. The van der Waals surface area contributed by atoms with Crippen molar-refractivity contribution in [3.8, 4) is 0 Å². The van der Waals surface area contributed by atoms with Crippen molar-refractivity contribution in [1.29, 1.82) is 0 Å². The predicted octanol–water partition coefficient (Wildman–Crippen LogP) is 1.83. The Morgan fingerprint density at radius 2 is 2.33 bits per heavy atom. The van der Waals surface area contributed by atoms with E-state index in [1.54, 1.807) is 6.07 Å². The number of aldehydes is 1. The molecule has 1 aliphatic heterocycles. The molecule has 0 aromatic carbocycles. The van der Waals surface area contributed by atoms with Gasteiger partial charge in [-0.2, -0.15) is 0 Å². The van der Waals surface area contributed by atoms with E-state index < -0.39 is 0 Å². The zero-order valence-corrected chi connectivity index (χ0v) is 10.3. The summed E-state index contributed by atoms with van der Waals surface area (Å²) in [6.07, 6.45) is 9.50. The number of nitrogens with one attached hydrogen (secondary N) is 1. The molecular formula is C14H17N3O. The van der Waals surface area contributed by atoms with E-state index in [1.165, 1.54) is 19.3 Å². The quantitative estimate of drug-likeness (QED) is 0.837. The number of hydrogen-bond donors (Lipinski definition) is 1. The lowest BCUT2D eigenvalue weighted by Gasteiger charge is -2.22. The van der Waals surface area contributed by atoms with Gasteiger partial charge in [0.1, 0.15) is 5.65 Å². The summed E-state index contributed by atoms with van der Waals surface area (Å²) >= 11 is 0. The molecule has 0 saturated carbocycles. The van der Waals surface area contributed by atoms with Gasteiger partial charge in [0.2, 0.25) is 0 Å². The van der Waals surface area contributed by atoms with E-state index in [0.29, 0.717) is 11.6 Å². The third-order valence-electron chi connectivity index (χ3n) is 3.53. The molecule has 1 N–H and O–H groups in total. The van der Waals surface area contributed by atoms with E-state index in [1.807, 2.05) is 22.9 Å². The van der Waals surface area contributed by atoms with Crippen molar-refractivity contribution in [3.05, 3.63) is 35.8 Å². The van der Waals surface area contributed by atoms with Gasteiger partial charge in [-0.25, -0.2) is 4.98 Å². The fourth-order valence-electron chi connectivity index (χ4n) is 2.58. The molecule has 1 fully saturated rings. The van der Waals surface area contributed by atoms with Crippen LogP contribution in [-0.2, 0) is 6.42 Å². The van der Waals surface area contributed by atoms with E-state index in [2.05, 4.69) is 10.3 Å². The van der Waals surface area contributed by atoms with Gasteiger partial charge in [0.15, 0.2) is 6.29 Å². The zero-order chi connectivity index (χ0) is 12.4. The first-order valence-electron chi connectivity index (χ1n) is 6.51. The summed E-state index contributed by atoms with van der Waals surface area (Å²) in [6, 6.07) is 4.24. The molecule has 1 aliphatic rings. The van der Waals surface area contributed by atoms with Crippen molar-refractivity contribution in [2.24, 2.45) is 0 Å². The van der Waals surface area contributed by atoms with Crippen LogP contribution in [0.25, 0.3) is 5.65 Å². The minimum absolute atomic E-state index is 0.550. The number of nitrogens with zero attached hydrogens (tertiary/aromatic N) is 2. The van der Waals surface area contributed by atoms with Crippen molar-refractivity contribution in [2.75, 3.05) is 6.54 Å². The third-order valence-corrected chi connectivity index (χ3v) is 3.53. The topological polar surface area (TPSA) is 46.4 Å². The summed E-state index contributed by atoms with van der Waals surface area (Å²) in [4.78, 5) is 15.3. The van der Waals surface area contributed by atoms with Crippen LogP contribution in [0.15, 0.2) is 24.5 Å². The second-order valence-corrected chi connectivity index (χ2v) is 4.93. The average molecular weight is 243 g/mol.